The number of aryl methyl sites for hydroxylation is 1. The lowest BCUT2D eigenvalue weighted by Gasteiger charge is -2.40. The van der Waals surface area contributed by atoms with Crippen LogP contribution in [0.4, 0.5) is 16.4 Å². The van der Waals surface area contributed by atoms with E-state index in [9.17, 15) is 0 Å². The maximum Gasteiger partial charge on any atom is 0.158 e. The number of unbranched alkanes of at least 4 members (excludes halogenated alkanes) is 1. The van der Waals surface area contributed by atoms with Crippen molar-refractivity contribution in [3.05, 3.63) is 35.0 Å². The molecule has 29 heavy (non-hydrogen) atoms. The van der Waals surface area contributed by atoms with E-state index in [1.165, 1.54) is 17.8 Å². The van der Waals surface area contributed by atoms with Crippen molar-refractivity contribution in [3.8, 4) is 0 Å². The van der Waals surface area contributed by atoms with Gasteiger partial charge in [-0.05, 0) is 38.4 Å². The van der Waals surface area contributed by atoms with Gasteiger partial charge < -0.3 is 15.0 Å². The van der Waals surface area contributed by atoms with Gasteiger partial charge in [-0.15, -0.1) is 11.3 Å². The molecule has 2 aliphatic rings. The summed E-state index contributed by atoms with van der Waals surface area (Å²) in [4.78, 5) is 15.0. The Balaban J connectivity index is 1.68. The van der Waals surface area contributed by atoms with Crippen LogP contribution in [0.1, 0.15) is 36.9 Å². The van der Waals surface area contributed by atoms with Gasteiger partial charge in [0.05, 0.1) is 16.4 Å². The Morgan fingerprint density at radius 3 is 2.97 bits per heavy atom. The van der Waals surface area contributed by atoms with Gasteiger partial charge in [0.25, 0.3) is 0 Å². The SMILES string of the molecule is CCCCc1nc2c(s1)Nc1ccccc1N=C2N1CCN(C)C(CCOC)C1. The van der Waals surface area contributed by atoms with E-state index in [4.69, 9.17) is 14.7 Å². The lowest BCUT2D eigenvalue weighted by Crippen LogP contribution is -2.53. The normalized spacial score (nSPS) is 19.2. The topological polar surface area (TPSA) is 53.0 Å². The molecule has 0 radical (unpaired) electrons. The van der Waals surface area contributed by atoms with Crippen LogP contribution in [0.5, 0.6) is 0 Å². The van der Waals surface area contributed by atoms with Crippen molar-refractivity contribution in [1.29, 1.82) is 0 Å². The number of thiazole rings is 1. The highest BCUT2D eigenvalue weighted by atomic mass is 32.1. The number of nitrogens with zero attached hydrogens (tertiary/aromatic N) is 4. The predicted molar refractivity (Wildman–Crippen MR) is 121 cm³/mol. The average Bonchev–Trinajstić information content (AvgIpc) is 3.06. The Kier molecular flexibility index (Phi) is 6.47. The maximum atomic E-state index is 5.34. The number of ether oxygens (including phenoxy) is 1. The minimum absolute atomic E-state index is 0.458. The molecule has 156 valence electrons. The van der Waals surface area contributed by atoms with Gasteiger partial charge in [0.15, 0.2) is 5.84 Å². The van der Waals surface area contributed by atoms with E-state index in [-0.39, 0.29) is 0 Å². The van der Waals surface area contributed by atoms with Gasteiger partial charge in [-0.1, -0.05) is 25.5 Å². The number of methoxy groups -OCH3 is 1. The van der Waals surface area contributed by atoms with E-state index in [1.54, 1.807) is 18.4 Å². The van der Waals surface area contributed by atoms with Gasteiger partial charge in [-0.3, -0.25) is 4.90 Å². The number of rotatable bonds is 6. The van der Waals surface area contributed by atoms with Crippen LogP contribution in [0.25, 0.3) is 0 Å². The third-order valence-electron chi connectivity index (χ3n) is 5.74. The van der Waals surface area contributed by atoms with Crippen molar-refractivity contribution < 1.29 is 4.74 Å². The summed E-state index contributed by atoms with van der Waals surface area (Å²) >= 11 is 1.78. The third-order valence-corrected chi connectivity index (χ3v) is 6.77. The van der Waals surface area contributed by atoms with Crippen molar-refractivity contribution in [2.45, 2.75) is 38.6 Å². The number of benzene rings is 1. The Morgan fingerprint density at radius 1 is 1.28 bits per heavy atom. The first-order valence-electron chi connectivity index (χ1n) is 10.6. The molecule has 2 aromatic rings. The van der Waals surface area contributed by atoms with Crippen LogP contribution < -0.4 is 5.32 Å². The number of hydrogen-bond acceptors (Lipinski definition) is 7. The lowest BCUT2D eigenvalue weighted by molar-refractivity contribution is 0.100. The van der Waals surface area contributed by atoms with Crippen LogP contribution in [-0.4, -0.2) is 67.1 Å². The highest BCUT2D eigenvalue weighted by Crippen LogP contribution is 2.38. The predicted octanol–water partition coefficient (Wildman–Crippen LogP) is 4.27. The summed E-state index contributed by atoms with van der Waals surface area (Å²) in [6.45, 7) is 5.93. The first kappa shape index (κ1) is 20.3. The highest BCUT2D eigenvalue weighted by Gasteiger charge is 2.31. The molecule has 0 bridgehead atoms. The zero-order valence-electron chi connectivity index (χ0n) is 17.6. The number of piperazine rings is 1. The third kappa shape index (κ3) is 4.47. The first-order chi connectivity index (χ1) is 14.2. The summed E-state index contributed by atoms with van der Waals surface area (Å²) in [5.41, 5.74) is 3.04. The van der Waals surface area contributed by atoms with Crippen LogP contribution in [0, 0.1) is 0 Å². The van der Waals surface area contributed by atoms with E-state index in [1.807, 2.05) is 6.07 Å². The Hall–Kier alpha value is -1.96. The molecule has 1 aromatic carbocycles. The van der Waals surface area contributed by atoms with Crippen LogP contribution in [0.3, 0.4) is 0 Å². The van der Waals surface area contributed by atoms with Crippen LogP contribution in [0.2, 0.25) is 0 Å². The van der Waals surface area contributed by atoms with Crippen LogP contribution >= 0.6 is 11.3 Å². The van der Waals surface area contributed by atoms with E-state index in [2.05, 4.69) is 47.3 Å². The zero-order chi connectivity index (χ0) is 20.2. The van der Waals surface area contributed by atoms with Crippen molar-refractivity contribution in [2.24, 2.45) is 4.99 Å². The standard InChI is InChI=1S/C22H31N5OS/c1-4-5-10-19-25-20-21(27-13-12-26(2)16(15-27)11-14-28-3)23-17-8-6-7-9-18(17)24-22(20)29-19/h6-9,16,24H,4-5,10-15H2,1-3H3. The fourth-order valence-corrected chi connectivity index (χ4v) is 4.94. The molecule has 1 saturated heterocycles. The van der Waals surface area contributed by atoms with Gasteiger partial charge in [0, 0.05) is 39.4 Å². The van der Waals surface area contributed by atoms with E-state index in [0.29, 0.717) is 6.04 Å². The monoisotopic (exact) mass is 413 g/mol. The number of likely N-dealkylation sites (N-methyl/N-ethyl adjacent to an activating group) is 1. The van der Waals surface area contributed by atoms with E-state index < -0.39 is 0 Å². The number of aromatic nitrogens is 1. The number of amidine groups is 1. The summed E-state index contributed by atoms with van der Waals surface area (Å²) in [5, 5.41) is 5.92. The van der Waals surface area contributed by atoms with Crippen molar-refractivity contribution >= 4 is 33.5 Å². The summed E-state index contributed by atoms with van der Waals surface area (Å²) in [6, 6.07) is 8.74. The molecule has 1 fully saturated rings. The average molecular weight is 414 g/mol. The molecule has 3 heterocycles. The van der Waals surface area contributed by atoms with Gasteiger partial charge in [0.2, 0.25) is 0 Å². The van der Waals surface area contributed by atoms with Gasteiger partial charge in [-0.2, -0.15) is 0 Å². The first-order valence-corrected chi connectivity index (χ1v) is 11.4. The summed E-state index contributed by atoms with van der Waals surface area (Å²) in [5.74, 6) is 1.01. The molecule has 2 aliphatic heterocycles. The van der Waals surface area contributed by atoms with Crippen molar-refractivity contribution in [1.82, 2.24) is 14.8 Å². The second kappa shape index (κ2) is 9.24. The molecule has 0 aliphatic carbocycles. The van der Waals surface area contributed by atoms with Crippen molar-refractivity contribution in [2.75, 3.05) is 45.7 Å². The Labute approximate surface area is 177 Å². The number of nitrogens with one attached hydrogen (secondary N) is 1. The molecule has 1 atom stereocenters. The summed E-state index contributed by atoms with van der Waals surface area (Å²) in [6.07, 6.45) is 4.41. The number of aliphatic imine (C=N–C) groups is 1. The van der Waals surface area contributed by atoms with Gasteiger partial charge in [-0.25, -0.2) is 9.98 Å². The molecule has 4 rings (SSSR count). The minimum Gasteiger partial charge on any atom is -0.385 e. The molecule has 7 heteroatoms. The van der Waals surface area contributed by atoms with Crippen LogP contribution in [-0.2, 0) is 11.2 Å². The minimum atomic E-state index is 0.458. The quantitative estimate of drug-likeness (QED) is 0.766. The number of hydrogen-bond donors (Lipinski definition) is 1. The molecule has 1 N–H and O–H groups in total. The van der Waals surface area contributed by atoms with Gasteiger partial charge >= 0.3 is 0 Å². The molecule has 1 unspecified atom stereocenters. The van der Waals surface area contributed by atoms with Crippen molar-refractivity contribution in [3.63, 3.8) is 0 Å². The van der Waals surface area contributed by atoms with Gasteiger partial charge in [0.1, 0.15) is 10.7 Å². The largest absolute Gasteiger partial charge is 0.385 e. The molecular weight excluding hydrogens is 382 g/mol. The molecule has 0 amide bonds. The Morgan fingerprint density at radius 2 is 2.14 bits per heavy atom. The second-order valence-corrected chi connectivity index (χ2v) is 8.91. The molecule has 1 aromatic heterocycles. The number of anilines is 2. The highest BCUT2D eigenvalue weighted by molar-refractivity contribution is 7.16. The summed E-state index contributed by atoms with van der Waals surface area (Å²) < 4.78 is 5.34. The second-order valence-electron chi connectivity index (χ2n) is 7.83. The fourth-order valence-electron chi connectivity index (χ4n) is 3.93. The zero-order valence-corrected chi connectivity index (χ0v) is 18.5. The Bertz CT molecular complexity index is 865. The summed E-state index contributed by atoms with van der Waals surface area (Å²) in [7, 11) is 3.98. The number of fused-ring (bicyclic) bond motifs is 2. The molecule has 0 saturated carbocycles. The van der Waals surface area contributed by atoms with Crippen LogP contribution in [0.15, 0.2) is 29.3 Å². The van der Waals surface area contributed by atoms with E-state index in [0.717, 1.165) is 67.0 Å². The smallest absolute Gasteiger partial charge is 0.158 e. The molecule has 0 spiro atoms. The molecular formula is C22H31N5OS. The fraction of sp³-hybridized carbons (Fsp3) is 0.545. The maximum absolute atomic E-state index is 5.34. The lowest BCUT2D eigenvalue weighted by atomic mass is 10.1. The van der Waals surface area contributed by atoms with E-state index >= 15 is 0 Å². The number of para-hydroxylation sites is 2. The molecule has 6 nitrogen and oxygen atoms in total.